The zero-order valence-electron chi connectivity index (χ0n) is 13.6. The molecule has 1 aliphatic rings. The van der Waals surface area contributed by atoms with Crippen LogP contribution in [-0.2, 0) is 14.0 Å². The molecule has 0 aliphatic carbocycles. The molecule has 1 aromatic heterocycles. The molecule has 18 heavy (non-hydrogen) atoms. The van der Waals surface area contributed by atoms with Crippen LogP contribution in [0.2, 0.25) is 0 Å². The van der Waals surface area contributed by atoms with Gasteiger partial charge in [0, 0.05) is 6.20 Å². The molecule has 1 fully saturated rings. The summed E-state index contributed by atoms with van der Waals surface area (Å²) in [4.78, 5) is 15.5. The van der Waals surface area contributed by atoms with Crippen LogP contribution in [0.4, 0.5) is 0 Å². The molecule has 0 N–H and O–H groups in total. The Morgan fingerprint density at radius 3 is 2.61 bits per heavy atom. The number of aromatic nitrogens is 1. The van der Waals surface area contributed by atoms with Gasteiger partial charge in [0.15, 0.2) is 0 Å². The summed E-state index contributed by atoms with van der Waals surface area (Å²) in [5.41, 5.74) is -0.998. The highest BCUT2D eigenvalue weighted by Crippen LogP contribution is 2.36. The molecular weight excluding hydrogens is 253 g/mol. The van der Waals surface area contributed by atoms with Crippen LogP contribution < -0.4 is 4.78 Å². The molecule has 0 spiro atoms. The van der Waals surface area contributed by atoms with Crippen molar-refractivity contribution in [3.05, 3.63) is 11.2 Å². The summed E-state index contributed by atoms with van der Waals surface area (Å²) in [5.74, 6) is -0.984. The molecule has 7 heteroatoms. The highest BCUT2D eigenvalue weighted by molar-refractivity contribution is 7.23. The summed E-state index contributed by atoms with van der Waals surface area (Å²) in [6, 6.07) is 0. The lowest BCUT2D eigenvalue weighted by atomic mass is 9.89. The molecular formula is C11H16BNO4S. The zero-order valence-corrected chi connectivity index (χ0v) is 11.5. The predicted octanol–water partition coefficient (Wildman–Crippen LogP) is 1.23. The van der Waals surface area contributed by atoms with Gasteiger partial charge in [0.1, 0.15) is 0 Å². The van der Waals surface area contributed by atoms with Crippen LogP contribution in [0.15, 0.2) is 6.20 Å². The van der Waals surface area contributed by atoms with E-state index in [2.05, 4.69) is 9.72 Å². The summed E-state index contributed by atoms with van der Waals surface area (Å²) >= 11 is 0.995. The van der Waals surface area contributed by atoms with E-state index in [1.54, 1.807) is 0 Å². The molecule has 0 bridgehead atoms. The minimum Gasteiger partial charge on any atom is -0.464 e. The molecule has 5 nitrogen and oxygen atoms in total. The fourth-order valence-electron chi connectivity index (χ4n) is 1.49. The second kappa shape index (κ2) is 4.33. The van der Waals surface area contributed by atoms with E-state index in [1.165, 1.54) is 6.20 Å². The van der Waals surface area contributed by atoms with Crippen molar-refractivity contribution < 1.29 is 23.0 Å². The summed E-state index contributed by atoms with van der Waals surface area (Å²) in [5, 5.41) is -0.0455. The minimum atomic E-state index is -2.78. The van der Waals surface area contributed by atoms with Crippen molar-refractivity contribution in [2.75, 3.05) is 7.04 Å². The second-order valence-electron chi connectivity index (χ2n) is 5.05. The van der Waals surface area contributed by atoms with Crippen molar-refractivity contribution in [1.29, 1.82) is 0 Å². The molecule has 0 saturated carbocycles. The predicted molar refractivity (Wildman–Crippen MR) is 69.2 cm³/mol. The van der Waals surface area contributed by atoms with Crippen molar-refractivity contribution in [3.63, 3.8) is 0 Å². The van der Waals surface area contributed by atoms with Gasteiger partial charge in [-0.25, -0.2) is 9.78 Å². The highest BCUT2D eigenvalue weighted by Gasteiger charge is 2.52. The number of methoxy groups -OCH3 is 1. The van der Waals surface area contributed by atoms with Crippen molar-refractivity contribution in [3.8, 4) is 0 Å². The highest BCUT2D eigenvalue weighted by atomic mass is 32.1. The Kier molecular flexibility index (Phi) is 2.39. The standard InChI is InChI=1S/C11H16BNO4S/c1-10(2)11(3,4)17-12(16-10)7-6-13-8(18-7)9(14)15-5/h6H,1-5H3/i5D3. The largest absolute Gasteiger partial charge is 0.507 e. The van der Waals surface area contributed by atoms with Crippen LogP contribution in [0.25, 0.3) is 0 Å². The van der Waals surface area contributed by atoms with Crippen molar-refractivity contribution >= 4 is 29.2 Å². The number of thiazole rings is 1. The van der Waals surface area contributed by atoms with Gasteiger partial charge in [-0.3, -0.25) is 0 Å². The number of esters is 1. The Bertz CT molecular complexity index is 542. The fraction of sp³-hybridized carbons (Fsp3) is 0.636. The average Bonchev–Trinajstić information content (AvgIpc) is 2.80. The van der Waals surface area contributed by atoms with Crippen LogP contribution in [0.3, 0.4) is 0 Å². The van der Waals surface area contributed by atoms with E-state index in [9.17, 15) is 4.79 Å². The van der Waals surface area contributed by atoms with Gasteiger partial charge in [-0.05, 0) is 27.7 Å². The normalized spacial score (nSPS) is 24.2. The lowest BCUT2D eigenvalue weighted by Gasteiger charge is -2.32. The average molecular weight is 272 g/mol. The number of hydrogen-bond donors (Lipinski definition) is 0. The van der Waals surface area contributed by atoms with Crippen molar-refractivity contribution in [2.45, 2.75) is 38.9 Å². The van der Waals surface area contributed by atoms with E-state index in [1.807, 2.05) is 27.7 Å². The third kappa shape index (κ3) is 2.18. The van der Waals surface area contributed by atoms with E-state index in [0.717, 1.165) is 11.3 Å². The first-order valence-corrected chi connectivity index (χ1v) is 6.28. The van der Waals surface area contributed by atoms with E-state index in [0.29, 0.717) is 4.78 Å². The Morgan fingerprint density at radius 2 is 2.06 bits per heavy atom. The van der Waals surface area contributed by atoms with Crippen LogP contribution in [0, 0.1) is 0 Å². The Balaban J connectivity index is 2.13. The van der Waals surface area contributed by atoms with Gasteiger partial charge >= 0.3 is 13.1 Å². The SMILES string of the molecule is [2H]C([2H])([2H])OC(=O)c1ncc(B2OC(C)(C)C(C)(C)O2)s1. The molecule has 0 atom stereocenters. The van der Waals surface area contributed by atoms with Crippen LogP contribution in [0.1, 0.15) is 41.6 Å². The lowest BCUT2D eigenvalue weighted by molar-refractivity contribution is 0.00578. The first-order valence-electron chi connectivity index (χ1n) is 6.96. The maximum Gasteiger partial charge on any atom is 0.507 e. The van der Waals surface area contributed by atoms with Crippen LogP contribution in [-0.4, -0.2) is 36.3 Å². The molecule has 2 rings (SSSR count). The third-order valence-electron chi connectivity index (χ3n) is 3.28. The monoisotopic (exact) mass is 272 g/mol. The molecule has 0 radical (unpaired) electrons. The molecule has 1 aliphatic heterocycles. The summed E-state index contributed by atoms with van der Waals surface area (Å²) in [6.07, 6.45) is 1.43. The molecule has 2 heterocycles. The van der Waals surface area contributed by atoms with Gasteiger partial charge in [0.05, 0.1) is 27.1 Å². The van der Waals surface area contributed by atoms with E-state index in [-0.39, 0.29) is 5.01 Å². The van der Waals surface area contributed by atoms with E-state index >= 15 is 0 Å². The topological polar surface area (TPSA) is 57.7 Å². The number of carbonyl (C=O) groups excluding carboxylic acids is 1. The van der Waals surface area contributed by atoms with Crippen LogP contribution in [0.5, 0.6) is 0 Å². The maximum atomic E-state index is 11.6. The number of ether oxygens (including phenoxy) is 1. The quantitative estimate of drug-likeness (QED) is 0.598. The molecule has 1 saturated heterocycles. The van der Waals surface area contributed by atoms with Crippen LogP contribution >= 0.6 is 11.3 Å². The van der Waals surface area contributed by atoms with Crippen molar-refractivity contribution in [2.24, 2.45) is 0 Å². The molecule has 1 aromatic rings. The first-order chi connectivity index (χ1) is 9.41. The summed E-state index contributed by atoms with van der Waals surface area (Å²) in [7, 11) is -3.42. The molecule has 0 unspecified atom stereocenters. The smallest absolute Gasteiger partial charge is 0.464 e. The Morgan fingerprint density at radius 1 is 1.44 bits per heavy atom. The maximum absolute atomic E-state index is 11.6. The van der Waals surface area contributed by atoms with Crippen molar-refractivity contribution in [1.82, 2.24) is 4.98 Å². The zero-order chi connectivity index (χ0) is 16.1. The fourth-order valence-corrected chi connectivity index (χ4v) is 2.24. The lowest BCUT2D eigenvalue weighted by Crippen LogP contribution is -2.41. The van der Waals surface area contributed by atoms with Gasteiger partial charge in [-0.2, -0.15) is 0 Å². The molecule has 0 aromatic carbocycles. The Hall–Kier alpha value is -0.915. The number of rotatable bonds is 2. The Labute approximate surface area is 115 Å². The first kappa shape index (κ1) is 9.94. The van der Waals surface area contributed by atoms with Gasteiger partial charge in [0.25, 0.3) is 0 Å². The van der Waals surface area contributed by atoms with Gasteiger partial charge in [0.2, 0.25) is 5.01 Å². The summed E-state index contributed by atoms with van der Waals surface area (Å²) in [6.45, 7) is 7.66. The second-order valence-corrected chi connectivity index (χ2v) is 6.11. The number of carbonyl (C=O) groups is 1. The van der Waals surface area contributed by atoms with Gasteiger partial charge in [-0.15, -0.1) is 11.3 Å². The van der Waals surface area contributed by atoms with E-state index < -0.39 is 31.3 Å². The third-order valence-corrected chi connectivity index (χ3v) is 4.28. The molecule has 0 amide bonds. The molecule has 98 valence electrons. The van der Waals surface area contributed by atoms with Gasteiger partial charge in [-0.1, -0.05) is 0 Å². The van der Waals surface area contributed by atoms with E-state index in [4.69, 9.17) is 13.4 Å². The number of nitrogens with zero attached hydrogens (tertiary/aromatic N) is 1. The van der Waals surface area contributed by atoms with Gasteiger partial charge < -0.3 is 14.0 Å². The minimum absolute atomic E-state index is 0.0455. The summed E-state index contributed by atoms with van der Waals surface area (Å²) < 4.78 is 37.3. The number of hydrogen-bond acceptors (Lipinski definition) is 6.